The predicted molar refractivity (Wildman–Crippen MR) is 88.2 cm³/mol. The van der Waals surface area contributed by atoms with Crippen LogP contribution in [0.25, 0.3) is 22.3 Å². The summed E-state index contributed by atoms with van der Waals surface area (Å²) in [5.41, 5.74) is 2.45. The number of anilines is 1. The second kappa shape index (κ2) is 6.57. The molecule has 0 spiro atoms. The van der Waals surface area contributed by atoms with Crippen molar-refractivity contribution in [1.29, 1.82) is 0 Å². The van der Waals surface area contributed by atoms with Crippen molar-refractivity contribution in [2.75, 3.05) is 11.9 Å². The number of ether oxygens (including phenoxy) is 1. The first-order valence-electron chi connectivity index (χ1n) is 7.42. The van der Waals surface area contributed by atoms with Crippen molar-refractivity contribution in [3.05, 3.63) is 42.2 Å². The Hall–Kier alpha value is -3.09. The lowest BCUT2D eigenvalue weighted by Crippen LogP contribution is -2.10. The van der Waals surface area contributed by atoms with Gasteiger partial charge in [0.2, 0.25) is 17.7 Å². The highest BCUT2D eigenvalue weighted by atomic mass is 19.1. The third-order valence-electron chi connectivity index (χ3n) is 3.22. The Bertz CT molecular complexity index is 897. The fraction of sp³-hybridized carbons (Fsp3) is 0.176. The molecule has 0 fully saturated rings. The zero-order valence-electron chi connectivity index (χ0n) is 13.2. The number of carbonyl (C=O) groups is 1. The summed E-state index contributed by atoms with van der Waals surface area (Å²) in [6.45, 7) is 3.60. The van der Waals surface area contributed by atoms with Gasteiger partial charge in [-0.1, -0.05) is 0 Å². The number of amides is 1. The number of carbonyl (C=O) groups excluding carboxylic acids is 1. The lowest BCUT2D eigenvalue weighted by Gasteiger charge is -2.09. The van der Waals surface area contributed by atoms with E-state index in [0.29, 0.717) is 23.3 Å². The Morgan fingerprint density at radius 1 is 1.12 bits per heavy atom. The molecule has 0 saturated heterocycles. The lowest BCUT2D eigenvalue weighted by molar-refractivity contribution is -0.114. The predicted octanol–water partition coefficient (Wildman–Crippen LogP) is 3.19. The molecule has 0 aliphatic heterocycles. The highest BCUT2D eigenvalue weighted by Crippen LogP contribution is 2.26. The van der Waals surface area contributed by atoms with Crippen LogP contribution in [-0.2, 0) is 4.79 Å². The third-order valence-corrected chi connectivity index (χ3v) is 3.22. The number of rotatable bonds is 4. The van der Waals surface area contributed by atoms with Crippen molar-refractivity contribution in [2.45, 2.75) is 13.8 Å². The molecule has 0 radical (unpaired) electrons. The first-order chi connectivity index (χ1) is 11.6. The molecule has 2 heterocycles. The molecule has 3 aromatic rings. The number of halogens is 1. The zero-order chi connectivity index (χ0) is 17.1. The third kappa shape index (κ3) is 3.29. The molecule has 0 saturated carbocycles. The van der Waals surface area contributed by atoms with Crippen molar-refractivity contribution >= 4 is 22.9 Å². The quantitative estimate of drug-likeness (QED) is 0.797. The summed E-state index contributed by atoms with van der Waals surface area (Å²) in [6, 6.07) is 9.58. The largest absolute Gasteiger partial charge is 0.476 e. The van der Waals surface area contributed by atoms with E-state index in [1.807, 2.05) is 6.92 Å². The average molecular weight is 326 g/mol. The minimum absolute atomic E-state index is 0.162. The topological polar surface area (TPSA) is 77.0 Å². The first kappa shape index (κ1) is 15.8. The maximum atomic E-state index is 13.1. The maximum Gasteiger partial charge on any atom is 0.245 e. The van der Waals surface area contributed by atoms with E-state index in [4.69, 9.17) is 4.74 Å². The van der Waals surface area contributed by atoms with Gasteiger partial charge in [0.25, 0.3) is 0 Å². The van der Waals surface area contributed by atoms with Crippen LogP contribution < -0.4 is 10.1 Å². The summed E-state index contributed by atoms with van der Waals surface area (Å²) in [5, 5.41) is 2.54. The maximum absolute atomic E-state index is 13.1. The summed E-state index contributed by atoms with van der Waals surface area (Å²) in [7, 11) is 0. The van der Waals surface area contributed by atoms with Gasteiger partial charge in [0.15, 0.2) is 5.52 Å². The Kier molecular flexibility index (Phi) is 4.33. The van der Waals surface area contributed by atoms with Gasteiger partial charge in [0.05, 0.1) is 17.8 Å². The van der Waals surface area contributed by atoms with Gasteiger partial charge in [-0.3, -0.25) is 10.1 Å². The van der Waals surface area contributed by atoms with E-state index < -0.39 is 0 Å². The van der Waals surface area contributed by atoms with Crippen molar-refractivity contribution in [1.82, 2.24) is 15.0 Å². The van der Waals surface area contributed by atoms with Crippen LogP contribution in [0, 0.1) is 5.82 Å². The smallest absolute Gasteiger partial charge is 0.245 e. The van der Waals surface area contributed by atoms with Crippen molar-refractivity contribution < 1.29 is 13.9 Å². The minimum atomic E-state index is -0.308. The SMILES string of the molecule is CCOc1nc(NC(C)=O)nc2ccc(-c3ccc(F)cc3)nc12. The fourth-order valence-electron chi connectivity index (χ4n) is 2.22. The number of benzene rings is 1. The zero-order valence-corrected chi connectivity index (χ0v) is 13.2. The molecule has 0 bridgehead atoms. The molecule has 1 amide bonds. The van der Waals surface area contributed by atoms with Gasteiger partial charge < -0.3 is 4.74 Å². The first-order valence-corrected chi connectivity index (χ1v) is 7.42. The summed E-state index contributed by atoms with van der Waals surface area (Å²) in [5.74, 6) is -0.129. The highest BCUT2D eigenvalue weighted by Gasteiger charge is 2.12. The van der Waals surface area contributed by atoms with Gasteiger partial charge >= 0.3 is 0 Å². The Morgan fingerprint density at radius 2 is 1.88 bits per heavy atom. The van der Waals surface area contributed by atoms with Gasteiger partial charge in [0.1, 0.15) is 5.82 Å². The second-order valence-electron chi connectivity index (χ2n) is 5.04. The van der Waals surface area contributed by atoms with Gasteiger partial charge in [-0.25, -0.2) is 14.4 Å². The fourth-order valence-corrected chi connectivity index (χ4v) is 2.22. The molecule has 0 unspecified atom stereocenters. The summed E-state index contributed by atoms with van der Waals surface area (Å²) >= 11 is 0. The molecule has 0 atom stereocenters. The summed E-state index contributed by atoms with van der Waals surface area (Å²) < 4.78 is 18.6. The number of fused-ring (bicyclic) bond motifs is 1. The van der Waals surface area contributed by atoms with Crippen molar-refractivity contribution in [2.24, 2.45) is 0 Å². The molecule has 122 valence electrons. The molecule has 1 N–H and O–H groups in total. The van der Waals surface area contributed by atoms with Crippen LogP contribution in [0.5, 0.6) is 5.88 Å². The van der Waals surface area contributed by atoms with E-state index in [2.05, 4.69) is 20.3 Å². The molecule has 24 heavy (non-hydrogen) atoms. The van der Waals surface area contributed by atoms with Crippen LogP contribution in [0.1, 0.15) is 13.8 Å². The molecule has 0 aliphatic rings. The van der Waals surface area contributed by atoms with Crippen LogP contribution in [0.15, 0.2) is 36.4 Å². The van der Waals surface area contributed by atoms with E-state index >= 15 is 0 Å². The van der Waals surface area contributed by atoms with Crippen molar-refractivity contribution in [3.63, 3.8) is 0 Å². The average Bonchev–Trinajstić information content (AvgIpc) is 2.55. The molecule has 6 nitrogen and oxygen atoms in total. The van der Waals surface area contributed by atoms with E-state index in [-0.39, 0.29) is 23.6 Å². The van der Waals surface area contributed by atoms with Crippen LogP contribution >= 0.6 is 0 Å². The molecular formula is C17H15FN4O2. The second-order valence-corrected chi connectivity index (χ2v) is 5.04. The molecule has 0 aliphatic carbocycles. The molecule has 2 aromatic heterocycles. The van der Waals surface area contributed by atoms with Crippen LogP contribution in [0.4, 0.5) is 10.3 Å². The van der Waals surface area contributed by atoms with Gasteiger partial charge in [-0.2, -0.15) is 4.98 Å². The Labute approximate surface area is 137 Å². The number of hydrogen-bond donors (Lipinski definition) is 1. The number of nitrogens with one attached hydrogen (secondary N) is 1. The van der Waals surface area contributed by atoms with E-state index in [1.54, 1.807) is 24.3 Å². The number of hydrogen-bond acceptors (Lipinski definition) is 5. The molecule has 7 heteroatoms. The van der Waals surface area contributed by atoms with E-state index in [9.17, 15) is 9.18 Å². The summed E-state index contributed by atoms with van der Waals surface area (Å²) in [4.78, 5) is 24.2. The number of nitrogens with zero attached hydrogens (tertiary/aromatic N) is 3. The van der Waals surface area contributed by atoms with E-state index in [0.717, 1.165) is 5.56 Å². The van der Waals surface area contributed by atoms with Crippen LogP contribution in [0.3, 0.4) is 0 Å². The molecule has 3 rings (SSSR count). The molecular weight excluding hydrogens is 311 g/mol. The minimum Gasteiger partial charge on any atom is -0.476 e. The standard InChI is InChI=1S/C17H15FN4O2/c1-3-24-16-15-14(21-17(22-16)19-10(2)23)9-8-13(20-15)11-4-6-12(18)7-5-11/h4-9H,3H2,1-2H3,(H,19,21,22,23). The lowest BCUT2D eigenvalue weighted by atomic mass is 10.1. The highest BCUT2D eigenvalue weighted by molar-refractivity contribution is 5.89. The van der Waals surface area contributed by atoms with Gasteiger partial charge in [-0.05, 0) is 43.3 Å². The van der Waals surface area contributed by atoms with Gasteiger partial charge in [-0.15, -0.1) is 0 Å². The molecule has 1 aromatic carbocycles. The normalized spacial score (nSPS) is 10.6. The Balaban J connectivity index is 2.12. The van der Waals surface area contributed by atoms with E-state index in [1.165, 1.54) is 19.1 Å². The Morgan fingerprint density at radius 3 is 2.54 bits per heavy atom. The van der Waals surface area contributed by atoms with Crippen LogP contribution in [-0.4, -0.2) is 27.5 Å². The monoisotopic (exact) mass is 326 g/mol. The van der Waals surface area contributed by atoms with Gasteiger partial charge in [0, 0.05) is 12.5 Å². The number of pyridine rings is 1. The van der Waals surface area contributed by atoms with Crippen LogP contribution in [0.2, 0.25) is 0 Å². The summed E-state index contributed by atoms with van der Waals surface area (Å²) in [6.07, 6.45) is 0. The van der Waals surface area contributed by atoms with Crippen molar-refractivity contribution in [3.8, 4) is 17.1 Å². The number of aromatic nitrogens is 3.